The van der Waals surface area contributed by atoms with E-state index in [0.717, 1.165) is 25.7 Å². The van der Waals surface area contributed by atoms with Gasteiger partial charge >= 0.3 is 0 Å². The summed E-state index contributed by atoms with van der Waals surface area (Å²) in [6, 6.07) is 10.3. The molecule has 4 heteroatoms. The molecule has 3 atom stereocenters. The first kappa shape index (κ1) is 23.9. The van der Waals surface area contributed by atoms with Crippen LogP contribution in [0.25, 0.3) is 0 Å². The van der Waals surface area contributed by atoms with Crippen molar-refractivity contribution >= 4 is 5.91 Å². The molecule has 1 amide bonds. The number of amides is 1. The zero-order chi connectivity index (χ0) is 20.9. The molecule has 0 saturated carbocycles. The lowest BCUT2D eigenvalue weighted by Crippen LogP contribution is -2.46. The van der Waals surface area contributed by atoms with Gasteiger partial charge in [0.2, 0.25) is 0 Å². The molecule has 1 saturated heterocycles. The van der Waals surface area contributed by atoms with Crippen LogP contribution in [0.2, 0.25) is 0 Å². The summed E-state index contributed by atoms with van der Waals surface area (Å²) in [5.74, 6) is 0.0763. The minimum Gasteiger partial charge on any atom is -0.371 e. The number of rotatable bonds is 13. The Morgan fingerprint density at radius 2 is 1.66 bits per heavy atom. The molecule has 0 aliphatic carbocycles. The Morgan fingerprint density at radius 3 is 2.31 bits per heavy atom. The van der Waals surface area contributed by atoms with Crippen molar-refractivity contribution in [2.24, 2.45) is 0 Å². The highest BCUT2D eigenvalue weighted by molar-refractivity contribution is 5.80. The predicted octanol–water partition coefficient (Wildman–Crippen LogP) is 5.74. The van der Waals surface area contributed by atoms with E-state index in [1.807, 2.05) is 18.2 Å². The highest BCUT2D eigenvalue weighted by Crippen LogP contribution is 2.28. The molecule has 0 aromatic heterocycles. The standard InChI is InChI=1S/C25H41NO3/c1-4-5-6-7-8-9-10-14-17-23-22(28-20-21-15-12-11-13-16-21)18-19-24(29-23)25(27)26(2)3/h11-13,15-16,22-24H,4-10,14,17-20H2,1-3H3/t22-,23+,24+/m1/s1. The molecule has 1 fully saturated rings. The number of hydrogen-bond donors (Lipinski definition) is 0. The third-order valence-corrected chi connectivity index (χ3v) is 5.83. The Morgan fingerprint density at radius 1 is 1.00 bits per heavy atom. The van der Waals surface area contributed by atoms with Gasteiger partial charge in [0.15, 0.2) is 0 Å². The van der Waals surface area contributed by atoms with Crippen LogP contribution >= 0.6 is 0 Å². The molecule has 1 aliphatic rings. The van der Waals surface area contributed by atoms with Gasteiger partial charge in [0, 0.05) is 14.1 Å². The maximum atomic E-state index is 12.4. The minimum absolute atomic E-state index is 0.0152. The van der Waals surface area contributed by atoms with Gasteiger partial charge in [-0.1, -0.05) is 88.6 Å². The lowest BCUT2D eigenvalue weighted by molar-refractivity contribution is -0.171. The van der Waals surface area contributed by atoms with Crippen LogP contribution < -0.4 is 0 Å². The van der Waals surface area contributed by atoms with E-state index < -0.39 is 0 Å². The average molecular weight is 404 g/mol. The van der Waals surface area contributed by atoms with Gasteiger partial charge in [0.25, 0.3) is 5.91 Å². The van der Waals surface area contributed by atoms with Gasteiger partial charge < -0.3 is 14.4 Å². The van der Waals surface area contributed by atoms with Crippen molar-refractivity contribution in [2.75, 3.05) is 14.1 Å². The number of nitrogens with zero attached hydrogens (tertiary/aromatic N) is 1. The van der Waals surface area contributed by atoms with Crippen molar-refractivity contribution in [3.05, 3.63) is 35.9 Å². The van der Waals surface area contributed by atoms with Gasteiger partial charge in [0.05, 0.1) is 18.8 Å². The van der Waals surface area contributed by atoms with E-state index in [0.29, 0.717) is 6.61 Å². The summed E-state index contributed by atoms with van der Waals surface area (Å²) >= 11 is 0. The first-order valence-electron chi connectivity index (χ1n) is 11.6. The third kappa shape index (κ3) is 8.88. The second-order valence-electron chi connectivity index (χ2n) is 8.57. The van der Waals surface area contributed by atoms with Gasteiger partial charge in [0.1, 0.15) is 6.10 Å². The smallest absolute Gasteiger partial charge is 0.251 e. The number of carbonyl (C=O) groups is 1. The van der Waals surface area contributed by atoms with E-state index in [2.05, 4.69) is 19.1 Å². The Bertz CT molecular complexity index is 560. The first-order valence-corrected chi connectivity index (χ1v) is 11.6. The highest BCUT2D eigenvalue weighted by Gasteiger charge is 2.35. The predicted molar refractivity (Wildman–Crippen MR) is 119 cm³/mol. The number of unbranched alkanes of at least 4 members (excludes halogenated alkanes) is 7. The molecule has 4 nitrogen and oxygen atoms in total. The van der Waals surface area contributed by atoms with Gasteiger partial charge in [-0.3, -0.25) is 4.79 Å². The largest absolute Gasteiger partial charge is 0.371 e. The molecule has 0 unspecified atom stereocenters. The topological polar surface area (TPSA) is 38.8 Å². The second kappa shape index (κ2) is 13.8. The lowest BCUT2D eigenvalue weighted by Gasteiger charge is -2.37. The number of carbonyl (C=O) groups excluding carboxylic acids is 1. The van der Waals surface area contributed by atoms with E-state index in [1.165, 1.54) is 50.5 Å². The molecular formula is C25H41NO3. The molecular weight excluding hydrogens is 362 g/mol. The van der Waals surface area contributed by atoms with Crippen LogP contribution in [-0.4, -0.2) is 43.2 Å². The molecule has 0 bridgehead atoms. The second-order valence-corrected chi connectivity index (χ2v) is 8.57. The molecule has 1 aromatic carbocycles. The minimum atomic E-state index is -0.319. The number of benzene rings is 1. The van der Waals surface area contributed by atoms with E-state index in [9.17, 15) is 4.79 Å². The van der Waals surface area contributed by atoms with E-state index in [-0.39, 0.29) is 24.2 Å². The third-order valence-electron chi connectivity index (χ3n) is 5.83. The maximum Gasteiger partial charge on any atom is 0.251 e. The van der Waals surface area contributed by atoms with Crippen LogP contribution in [0.3, 0.4) is 0 Å². The molecule has 1 aromatic rings. The fraction of sp³-hybridized carbons (Fsp3) is 0.720. The number of ether oxygens (including phenoxy) is 2. The number of likely N-dealkylation sites (N-methyl/N-ethyl adjacent to an activating group) is 1. The Hall–Kier alpha value is -1.39. The lowest BCUT2D eigenvalue weighted by atomic mass is 9.95. The average Bonchev–Trinajstić information content (AvgIpc) is 2.74. The fourth-order valence-corrected chi connectivity index (χ4v) is 4.04. The zero-order valence-electron chi connectivity index (χ0n) is 18.8. The SMILES string of the molecule is CCCCCCCCCC[C@@H]1O[C@H](C(=O)N(C)C)CC[C@H]1OCc1ccccc1. The molecule has 2 rings (SSSR count). The van der Waals surface area contributed by atoms with E-state index >= 15 is 0 Å². The molecule has 29 heavy (non-hydrogen) atoms. The van der Waals surface area contributed by atoms with Crippen molar-refractivity contribution in [3.8, 4) is 0 Å². The van der Waals surface area contributed by atoms with Crippen molar-refractivity contribution in [3.63, 3.8) is 0 Å². The van der Waals surface area contributed by atoms with Crippen LogP contribution in [-0.2, 0) is 20.9 Å². The Labute approximate surface area is 178 Å². The summed E-state index contributed by atoms with van der Waals surface area (Å²) in [5, 5.41) is 0. The molecule has 1 heterocycles. The van der Waals surface area contributed by atoms with Crippen LogP contribution in [0.5, 0.6) is 0 Å². The van der Waals surface area contributed by atoms with Crippen LogP contribution in [0.15, 0.2) is 30.3 Å². The normalized spacial score (nSPS) is 21.8. The molecule has 0 radical (unpaired) electrons. The summed E-state index contributed by atoms with van der Waals surface area (Å²) in [6.07, 6.45) is 12.8. The molecule has 0 spiro atoms. The van der Waals surface area contributed by atoms with Crippen molar-refractivity contribution < 1.29 is 14.3 Å². The van der Waals surface area contributed by atoms with Gasteiger partial charge in [-0.2, -0.15) is 0 Å². The number of hydrogen-bond acceptors (Lipinski definition) is 3. The molecule has 0 N–H and O–H groups in total. The van der Waals surface area contributed by atoms with Gasteiger partial charge in [-0.25, -0.2) is 0 Å². The fourth-order valence-electron chi connectivity index (χ4n) is 4.04. The maximum absolute atomic E-state index is 12.4. The summed E-state index contributed by atoms with van der Waals surface area (Å²) < 4.78 is 12.5. The van der Waals surface area contributed by atoms with Crippen molar-refractivity contribution in [1.82, 2.24) is 4.90 Å². The van der Waals surface area contributed by atoms with Crippen LogP contribution in [0.1, 0.15) is 83.1 Å². The van der Waals surface area contributed by atoms with E-state index in [4.69, 9.17) is 9.47 Å². The summed E-state index contributed by atoms with van der Waals surface area (Å²) in [6.45, 7) is 2.86. The van der Waals surface area contributed by atoms with Crippen LogP contribution in [0, 0.1) is 0 Å². The van der Waals surface area contributed by atoms with Gasteiger partial charge in [-0.05, 0) is 24.8 Å². The van der Waals surface area contributed by atoms with Crippen molar-refractivity contribution in [2.45, 2.75) is 102 Å². The quantitative estimate of drug-likeness (QED) is 0.394. The summed E-state index contributed by atoms with van der Waals surface area (Å²) in [4.78, 5) is 14.0. The first-order chi connectivity index (χ1) is 14.1. The summed E-state index contributed by atoms with van der Waals surface area (Å²) in [5.41, 5.74) is 1.19. The Kier molecular flexibility index (Phi) is 11.3. The van der Waals surface area contributed by atoms with Gasteiger partial charge in [-0.15, -0.1) is 0 Å². The van der Waals surface area contributed by atoms with E-state index in [1.54, 1.807) is 19.0 Å². The van der Waals surface area contributed by atoms with Crippen molar-refractivity contribution in [1.29, 1.82) is 0 Å². The zero-order valence-corrected chi connectivity index (χ0v) is 18.8. The monoisotopic (exact) mass is 403 g/mol. The molecule has 1 aliphatic heterocycles. The highest BCUT2D eigenvalue weighted by atomic mass is 16.6. The van der Waals surface area contributed by atoms with Crippen LogP contribution in [0.4, 0.5) is 0 Å². The molecule has 164 valence electrons. The Balaban J connectivity index is 1.80. The summed E-state index contributed by atoms with van der Waals surface area (Å²) in [7, 11) is 3.61.